The van der Waals surface area contributed by atoms with Gasteiger partial charge in [0, 0.05) is 12.8 Å². The van der Waals surface area contributed by atoms with E-state index in [-0.39, 0.29) is 0 Å². The molecule has 12 heavy (non-hydrogen) atoms. The van der Waals surface area contributed by atoms with Crippen LogP contribution in [0.2, 0.25) is 0 Å². The summed E-state index contributed by atoms with van der Waals surface area (Å²) in [6.45, 7) is 0. The molecule has 0 aromatic carbocycles. The maximum atomic E-state index is 9.05. The molecule has 65 valence electrons. The van der Waals surface area contributed by atoms with Gasteiger partial charge in [0.15, 0.2) is 5.16 Å². The van der Waals surface area contributed by atoms with Crippen LogP contribution in [0.3, 0.4) is 0 Å². The smallest absolute Gasteiger partial charge is 0.190 e. The summed E-state index contributed by atoms with van der Waals surface area (Å²) in [6.07, 6.45) is 0.928. The second-order valence-electron chi connectivity index (χ2n) is 2.17. The molecule has 1 heterocycles. The van der Waals surface area contributed by atoms with Crippen LogP contribution in [0.4, 0.5) is 0 Å². The highest BCUT2D eigenvalue weighted by atomic mass is 32.2. The van der Waals surface area contributed by atoms with Crippen LogP contribution in [-0.4, -0.2) is 37.1 Å². The molecule has 1 radical (unpaired) electrons. The minimum absolute atomic E-state index is 0.468. The maximum absolute atomic E-state index is 9.05. The van der Waals surface area contributed by atoms with Crippen molar-refractivity contribution < 1.29 is 5.11 Å². The summed E-state index contributed by atoms with van der Waals surface area (Å²) in [6, 6.07) is 0. The molecule has 1 N–H and O–H groups in total. The fourth-order valence-corrected chi connectivity index (χ4v) is 1.53. The van der Waals surface area contributed by atoms with Crippen molar-refractivity contribution in [3.8, 4) is 0 Å². The number of hydrogen-bond acceptors (Lipinski definition) is 5. The Morgan fingerprint density at radius 3 is 3.17 bits per heavy atom. The van der Waals surface area contributed by atoms with Crippen molar-refractivity contribution in [3.05, 3.63) is 6.33 Å². The normalized spacial score (nSPS) is 12.8. The molecule has 1 atom stereocenters. The van der Waals surface area contributed by atoms with Crippen molar-refractivity contribution in [1.82, 2.24) is 14.8 Å². The van der Waals surface area contributed by atoms with Gasteiger partial charge in [0.05, 0.1) is 11.5 Å². The highest BCUT2D eigenvalue weighted by Gasteiger charge is 2.05. The summed E-state index contributed by atoms with van der Waals surface area (Å²) < 4.78 is 1.78. The lowest BCUT2D eigenvalue weighted by atomic mass is 10.5. The summed E-state index contributed by atoms with van der Waals surface area (Å²) in [5.74, 6) is 0.468. The third kappa shape index (κ3) is 2.54. The van der Waals surface area contributed by atoms with E-state index in [1.165, 1.54) is 11.8 Å². The highest BCUT2D eigenvalue weighted by Crippen LogP contribution is 2.13. The average molecular weight is 202 g/mol. The Hall–Kier alpha value is -0.460. The van der Waals surface area contributed by atoms with E-state index < -0.39 is 6.10 Å². The number of rotatable bonds is 4. The molecule has 1 unspecified atom stereocenters. The SMILES string of the molecule is Cn1cnnc1SCC(O)[C]=S. The third-order valence-electron chi connectivity index (χ3n) is 1.18. The Labute approximate surface area is 80.0 Å². The molecule has 0 aliphatic heterocycles. The molecule has 0 spiro atoms. The zero-order chi connectivity index (χ0) is 8.97. The second-order valence-corrected chi connectivity index (χ2v) is 3.39. The van der Waals surface area contributed by atoms with Crippen LogP contribution in [0.25, 0.3) is 0 Å². The molecular formula is C6H8N3OS2. The molecule has 0 saturated carbocycles. The maximum Gasteiger partial charge on any atom is 0.190 e. The molecule has 6 heteroatoms. The van der Waals surface area contributed by atoms with Gasteiger partial charge in [-0.05, 0) is 0 Å². The van der Waals surface area contributed by atoms with E-state index in [4.69, 9.17) is 5.11 Å². The molecule has 1 aromatic rings. The van der Waals surface area contributed by atoms with Crippen molar-refractivity contribution in [3.63, 3.8) is 0 Å². The molecule has 0 bridgehead atoms. The number of aliphatic hydroxyl groups is 1. The largest absolute Gasteiger partial charge is 0.387 e. The van der Waals surface area contributed by atoms with Crippen molar-refractivity contribution in [2.75, 3.05) is 5.75 Å². The van der Waals surface area contributed by atoms with E-state index >= 15 is 0 Å². The first-order valence-corrected chi connectivity index (χ1v) is 4.66. The van der Waals surface area contributed by atoms with Crippen LogP contribution >= 0.6 is 24.0 Å². The Balaban J connectivity index is 2.43. The zero-order valence-corrected chi connectivity index (χ0v) is 8.10. The Kier molecular flexibility index (Phi) is 3.64. The third-order valence-corrected chi connectivity index (χ3v) is 2.56. The lowest BCUT2D eigenvalue weighted by molar-refractivity contribution is 0.273. The van der Waals surface area contributed by atoms with Gasteiger partial charge in [-0.25, -0.2) is 0 Å². The first kappa shape index (κ1) is 9.63. The van der Waals surface area contributed by atoms with Crippen molar-refractivity contribution in [2.45, 2.75) is 11.3 Å². The predicted octanol–water partition coefficient (Wildman–Crippen LogP) is 0.145. The number of hydrogen-bond donors (Lipinski definition) is 1. The fraction of sp³-hybridized carbons (Fsp3) is 0.500. The minimum Gasteiger partial charge on any atom is -0.387 e. The quantitative estimate of drug-likeness (QED) is 0.556. The van der Waals surface area contributed by atoms with E-state index in [1.807, 2.05) is 7.05 Å². The van der Waals surface area contributed by atoms with E-state index in [0.717, 1.165) is 5.16 Å². The van der Waals surface area contributed by atoms with E-state index in [0.29, 0.717) is 5.75 Å². The summed E-state index contributed by atoms with van der Waals surface area (Å²) in [5.41, 5.74) is 0. The van der Waals surface area contributed by atoms with Gasteiger partial charge in [0.25, 0.3) is 0 Å². The van der Waals surface area contributed by atoms with Gasteiger partial charge >= 0.3 is 0 Å². The van der Waals surface area contributed by atoms with Crippen molar-refractivity contribution in [1.29, 1.82) is 0 Å². The summed E-state index contributed by atoms with van der Waals surface area (Å²) in [5, 5.41) is 19.6. The lowest BCUT2D eigenvalue weighted by Crippen LogP contribution is -2.10. The highest BCUT2D eigenvalue weighted by molar-refractivity contribution is 7.99. The predicted molar refractivity (Wildman–Crippen MR) is 50.3 cm³/mol. The molecule has 1 aromatic heterocycles. The Bertz CT molecular complexity index is 263. The summed E-state index contributed by atoms with van der Waals surface area (Å²) in [4.78, 5) is 0. The second kappa shape index (κ2) is 4.54. The summed E-state index contributed by atoms with van der Waals surface area (Å²) in [7, 11) is 1.84. The molecule has 0 aliphatic rings. The van der Waals surface area contributed by atoms with Crippen LogP contribution in [0.5, 0.6) is 0 Å². The Morgan fingerprint density at radius 1 is 1.92 bits per heavy atom. The van der Waals surface area contributed by atoms with Crippen LogP contribution in [0, 0.1) is 0 Å². The van der Waals surface area contributed by atoms with Gasteiger partial charge < -0.3 is 9.67 Å². The van der Waals surface area contributed by atoms with E-state index in [1.54, 1.807) is 10.9 Å². The van der Waals surface area contributed by atoms with Gasteiger partial charge in [-0.15, -0.1) is 10.2 Å². The number of thiocarbonyl (C=S) groups is 1. The topological polar surface area (TPSA) is 50.9 Å². The number of aliphatic hydroxyl groups excluding tert-OH is 1. The number of aromatic nitrogens is 3. The van der Waals surface area contributed by atoms with Gasteiger partial charge in [-0.2, -0.15) is 0 Å². The van der Waals surface area contributed by atoms with Crippen LogP contribution in [0.1, 0.15) is 0 Å². The molecule has 0 amide bonds. The van der Waals surface area contributed by atoms with Crippen LogP contribution in [0.15, 0.2) is 11.5 Å². The van der Waals surface area contributed by atoms with Crippen molar-refractivity contribution >= 4 is 29.3 Å². The Morgan fingerprint density at radius 2 is 2.67 bits per heavy atom. The monoisotopic (exact) mass is 202 g/mol. The zero-order valence-electron chi connectivity index (χ0n) is 6.47. The molecule has 4 nitrogen and oxygen atoms in total. The first-order valence-electron chi connectivity index (χ1n) is 3.26. The minimum atomic E-state index is -0.679. The number of nitrogens with zero attached hydrogens (tertiary/aromatic N) is 3. The molecule has 1 rings (SSSR count). The molecule has 0 aliphatic carbocycles. The van der Waals surface area contributed by atoms with Gasteiger partial charge in [-0.1, -0.05) is 24.0 Å². The average Bonchev–Trinajstić information content (AvgIpc) is 2.47. The van der Waals surface area contributed by atoms with Gasteiger partial charge in [-0.3, -0.25) is 0 Å². The van der Waals surface area contributed by atoms with Gasteiger partial charge in [0.2, 0.25) is 0 Å². The summed E-state index contributed by atoms with van der Waals surface area (Å²) >= 11 is 5.84. The number of aryl methyl sites for hydroxylation is 1. The van der Waals surface area contributed by atoms with Crippen LogP contribution in [-0.2, 0) is 7.05 Å². The standard InChI is InChI=1S/C6H8N3OS2/c1-9-4-7-8-6(9)12-3-5(10)2-11/h4-5,10H,3H2,1H3. The van der Waals surface area contributed by atoms with Crippen LogP contribution < -0.4 is 0 Å². The molecule has 0 saturated heterocycles. The van der Waals surface area contributed by atoms with Gasteiger partial charge in [0.1, 0.15) is 6.33 Å². The number of thioether (sulfide) groups is 1. The lowest BCUT2D eigenvalue weighted by Gasteiger charge is -2.01. The van der Waals surface area contributed by atoms with E-state index in [2.05, 4.69) is 27.8 Å². The first-order chi connectivity index (χ1) is 5.74. The fourth-order valence-electron chi connectivity index (χ4n) is 0.591. The van der Waals surface area contributed by atoms with E-state index in [9.17, 15) is 0 Å². The molecular weight excluding hydrogens is 194 g/mol. The van der Waals surface area contributed by atoms with Crippen molar-refractivity contribution in [2.24, 2.45) is 7.05 Å². The molecule has 0 fully saturated rings.